The smallest absolute Gasteiger partial charge is 0.245 e. The van der Waals surface area contributed by atoms with Crippen LogP contribution in [0.2, 0.25) is 0 Å². The molecule has 1 heterocycles. The number of aryl methyl sites for hydroxylation is 2. The van der Waals surface area contributed by atoms with Gasteiger partial charge in [0.05, 0.1) is 6.10 Å². The summed E-state index contributed by atoms with van der Waals surface area (Å²) >= 11 is 0. The van der Waals surface area contributed by atoms with E-state index in [1.165, 1.54) is 0 Å². The Labute approximate surface area is 123 Å². The van der Waals surface area contributed by atoms with Crippen LogP contribution >= 0.6 is 0 Å². The number of nitrogens with one attached hydrogen (secondary N) is 1. The van der Waals surface area contributed by atoms with E-state index in [-0.39, 0.29) is 23.6 Å². The second-order valence-corrected chi connectivity index (χ2v) is 6.47. The molecule has 0 radical (unpaired) electrons. The molecule has 7 heteroatoms. The van der Waals surface area contributed by atoms with E-state index in [1.54, 1.807) is 26.0 Å². The van der Waals surface area contributed by atoms with Gasteiger partial charge in [0.15, 0.2) is 5.76 Å². The zero-order chi connectivity index (χ0) is 15.5. The van der Waals surface area contributed by atoms with Crippen molar-refractivity contribution >= 4 is 10.0 Å². The summed E-state index contributed by atoms with van der Waals surface area (Å²) in [6, 6.07) is 9.11. The number of hydrogen-bond donors (Lipinski definition) is 2. The first-order valence-corrected chi connectivity index (χ1v) is 8.05. The van der Waals surface area contributed by atoms with Crippen molar-refractivity contribution in [3.05, 3.63) is 47.3 Å². The van der Waals surface area contributed by atoms with Gasteiger partial charge in [0.2, 0.25) is 10.0 Å². The lowest BCUT2D eigenvalue weighted by atomic mass is 10.1. The monoisotopic (exact) mass is 310 g/mol. The number of nitrogens with zero attached hydrogens (tertiary/aromatic N) is 1. The first kappa shape index (κ1) is 15.7. The number of benzene rings is 1. The van der Waals surface area contributed by atoms with Crippen molar-refractivity contribution in [2.24, 2.45) is 0 Å². The molecule has 0 fully saturated rings. The number of aliphatic hydroxyl groups excluding tert-OH is 1. The molecule has 1 atom stereocenters. The Hall–Kier alpha value is -1.70. The molecule has 114 valence electrons. The van der Waals surface area contributed by atoms with E-state index in [9.17, 15) is 13.5 Å². The summed E-state index contributed by atoms with van der Waals surface area (Å²) in [5.41, 5.74) is 1.08. The molecule has 0 amide bonds. The van der Waals surface area contributed by atoms with Crippen LogP contribution in [0.15, 0.2) is 39.8 Å². The molecule has 2 N–H and O–H groups in total. The highest BCUT2D eigenvalue weighted by atomic mass is 32.2. The Morgan fingerprint density at radius 1 is 1.29 bits per heavy atom. The summed E-state index contributed by atoms with van der Waals surface area (Å²) in [5, 5.41) is 13.6. The van der Waals surface area contributed by atoms with Crippen LogP contribution in [0.25, 0.3) is 0 Å². The third-order valence-corrected chi connectivity index (χ3v) is 4.84. The second-order valence-electron chi connectivity index (χ2n) is 4.77. The predicted octanol–water partition coefficient (Wildman–Crippen LogP) is 1.69. The van der Waals surface area contributed by atoms with E-state index in [0.29, 0.717) is 5.69 Å². The third kappa shape index (κ3) is 3.69. The Morgan fingerprint density at radius 3 is 2.52 bits per heavy atom. The van der Waals surface area contributed by atoms with E-state index < -0.39 is 16.1 Å². The zero-order valence-electron chi connectivity index (χ0n) is 11.9. The minimum atomic E-state index is -3.67. The van der Waals surface area contributed by atoms with Gasteiger partial charge in [-0.1, -0.05) is 35.5 Å². The number of sulfonamides is 1. The number of hydrogen-bond acceptors (Lipinski definition) is 5. The molecule has 21 heavy (non-hydrogen) atoms. The molecule has 2 aromatic rings. The molecule has 6 nitrogen and oxygen atoms in total. The molecule has 2 rings (SSSR count). The van der Waals surface area contributed by atoms with Gasteiger partial charge in [0, 0.05) is 6.54 Å². The fourth-order valence-electron chi connectivity index (χ4n) is 2.10. The molecule has 1 aromatic heterocycles. The summed E-state index contributed by atoms with van der Waals surface area (Å²) in [6.45, 7) is 3.25. The third-order valence-electron chi connectivity index (χ3n) is 3.13. The maximum atomic E-state index is 12.2. The molecular weight excluding hydrogens is 292 g/mol. The molecule has 0 aliphatic rings. The van der Waals surface area contributed by atoms with Crippen LogP contribution in [0.4, 0.5) is 0 Å². The van der Waals surface area contributed by atoms with Gasteiger partial charge in [-0.15, -0.1) is 0 Å². The Balaban J connectivity index is 1.97. The zero-order valence-corrected chi connectivity index (χ0v) is 12.7. The predicted molar refractivity (Wildman–Crippen MR) is 77.2 cm³/mol. The van der Waals surface area contributed by atoms with Gasteiger partial charge in [-0.05, 0) is 25.8 Å². The number of aromatic nitrogens is 1. The van der Waals surface area contributed by atoms with E-state index >= 15 is 0 Å². The van der Waals surface area contributed by atoms with Gasteiger partial charge in [-0.2, -0.15) is 0 Å². The topological polar surface area (TPSA) is 92.4 Å². The van der Waals surface area contributed by atoms with Crippen LogP contribution in [-0.2, 0) is 10.0 Å². The van der Waals surface area contributed by atoms with Crippen molar-refractivity contribution in [3.63, 3.8) is 0 Å². The summed E-state index contributed by atoms with van der Waals surface area (Å²) in [5.74, 6) is 0.253. The van der Waals surface area contributed by atoms with Crippen molar-refractivity contribution in [2.45, 2.75) is 31.3 Å². The summed E-state index contributed by atoms with van der Waals surface area (Å²) in [7, 11) is -3.67. The molecule has 0 saturated carbocycles. The van der Waals surface area contributed by atoms with Gasteiger partial charge in [0.25, 0.3) is 0 Å². The quantitative estimate of drug-likeness (QED) is 0.847. The van der Waals surface area contributed by atoms with E-state index in [0.717, 1.165) is 5.56 Å². The number of aliphatic hydroxyl groups is 1. The minimum Gasteiger partial charge on any atom is -0.388 e. The van der Waals surface area contributed by atoms with Crippen molar-refractivity contribution in [3.8, 4) is 0 Å². The molecule has 0 bridgehead atoms. The lowest BCUT2D eigenvalue weighted by molar-refractivity contribution is 0.169. The minimum absolute atomic E-state index is 0.0664. The second kappa shape index (κ2) is 6.38. The van der Waals surface area contributed by atoms with E-state index in [2.05, 4.69) is 9.88 Å². The maximum Gasteiger partial charge on any atom is 0.245 e. The van der Waals surface area contributed by atoms with Crippen LogP contribution in [0.5, 0.6) is 0 Å². The van der Waals surface area contributed by atoms with Crippen LogP contribution in [-0.4, -0.2) is 25.2 Å². The van der Waals surface area contributed by atoms with Gasteiger partial charge in [0.1, 0.15) is 10.6 Å². The molecule has 0 saturated heterocycles. The fraction of sp³-hybridized carbons (Fsp3) is 0.357. The van der Waals surface area contributed by atoms with Crippen LogP contribution in [0, 0.1) is 13.8 Å². The molecule has 0 spiro atoms. The first-order chi connectivity index (χ1) is 9.92. The molecule has 1 aromatic carbocycles. The Kier molecular flexibility index (Phi) is 4.76. The highest BCUT2D eigenvalue weighted by Gasteiger charge is 2.23. The Bertz CT molecular complexity index is 676. The van der Waals surface area contributed by atoms with Crippen molar-refractivity contribution in [2.75, 3.05) is 6.54 Å². The van der Waals surface area contributed by atoms with Gasteiger partial charge >= 0.3 is 0 Å². The summed E-state index contributed by atoms with van der Waals surface area (Å²) in [4.78, 5) is 0.0664. The SMILES string of the molecule is Cc1noc(C)c1S(=O)(=O)NCCC(O)c1ccccc1. The van der Waals surface area contributed by atoms with Crippen molar-refractivity contribution < 1.29 is 18.0 Å². The van der Waals surface area contributed by atoms with Crippen LogP contribution in [0.1, 0.15) is 29.5 Å². The van der Waals surface area contributed by atoms with Gasteiger partial charge in [-0.25, -0.2) is 13.1 Å². The number of rotatable bonds is 6. The van der Waals surface area contributed by atoms with Crippen molar-refractivity contribution in [1.29, 1.82) is 0 Å². The van der Waals surface area contributed by atoms with E-state index in [4.69, 9.17) is 4.52 Å². The molecule has 1 unspecified atom stereocenters. The molecule has 0 aliphatic carbocycles. The highest BCUT2D eigenvalue weighted by molar-refractivity contribution is 7.89. The highest BCUT2D eigenvalue weighted by Crippen LogP contribution is 2.19. The molecular formula is C14H18N2O4S. The Morgan fingerprint density at radius 2 is 1.95 bits per heavy atom. The fourth-order valence-corrected chi connectivity index (χ4v) is 3.48. The lowest BCUT2D eigenvalue weighted by Gasteiger charge is -2.11. The summed E-state index contributed by atoms with van der Waals surface area (Å²) < 4.78 is 31.6. The normalized spacial score (nSPS) is 13.3. The van der Waals surface area contributed by atoms with Crippen LogP contribution < -0.4 is 4.72 Å². The van der Waals surface area contributed by atoms with Crippen LogP contribution in [0.3, 0.4) is 0 Å². The van der Waals surface area contributed by atoms with Gasteiger partial charge < -0.3 is 9.63 Å². The standard InChI is InChI=1S/C14H18N2O4S/c1-10-14(11(2)20-16-10)21(18,19)15-9-8-13(17)12-6-4-3-5-7-12/h3-7,13,15,17H,8-9H2,1-2H3. The largest absolute Gasteiger partial charge is 0.388 e. The average Bonchev–Trinajstić information content (AvgIpc) is 2.79. The average molecular weight is 310 g/mol. The maximum absolute atomic E-state index is 12.2. The summed E-state index contributed by atoms with van der Waals surface area (Å²) in [6.07, 6.45) is -0.425. The van der Waals surface area contributed by atoms with E-state index in [1.807, 2.05) is 18.2 Å². The molecule has 0 aliphatic heterocycles. The van der Waals surface area contributed by atoms with Crippen molar-refractivity contribution in [1.82, 2.24) is 9.88 Å². The first-order valence-electron chi connectivity index (χ1n) is 6.57. The van der Waals surface area contributed by atoms with Gasteiger partial charge in [-0.3, -0.25) is 0 Å². The lowest BCUT2D eigenvalue weighted by Crippen LogP contribution is -2.26.